The van der Waals surface area contributed by atoms with Gasteiger partial charge in [0.1, 0.15) is 4.21 Å². The molecule has 0 radical (unpaired) electrons. The van der Waals surface area contributed by atoms with Crippen LogP contribution in [0.5, 0.6) is 0 Å². The predicted molar refractivity (Wildman–Crippen MR) is 77.7 cm³/mol. The Morgan fingerprint density at radius 2 is 1.80 bits per heavy atom. The van der Waals surface area contributed by atoms with Gasteiger partial charge in [-0.25, -0.2) is 17.9 Å². The zero-order chi connectivity index (χ0) is 14.6. The van der Waals surface area contributed by atoms with Crippen LogP contribution < -0.4 is 4.72 Å². The van der Waals surface area contributed by atoms with Crippen molar-refractivity contribution in [2.24, 2.45) is 0 Å². The minimum atomic E-state index is -3.60. The van der Waals surface area contributed by atoms with Gasteiger partial charge in [0.25, 0.3) is 0 Å². The molecule has 0 bridgehead atoms. The number of sulfonamides is 1. The van der Waals surface area contributed by atoms with Gasteiger partial charge >= 0.3 is 5.97 Å². The molecule has 0 atom stereocenters. The zero-order valence-electron chi connectivity index (χ0n) is 11.2. The number of carboxylic acid groups (broad SMARTS) is 1. The van der Waals surface area contributed by atoms with Gasteiger partial charge in [-0.1, -0.05) is 32.1 Å². The first-order valence-corrected chi connectivity index (χ1v) is 9.19. The highest BCUT2D eigenvalue weighted by molar-refractivity contribution is 7.91. The maximum absolute atomic E-state index is 12.2. The first kappa shape index (κ1) is 15.5. The number of carboxylic acids is 1. The fraction of sp³-hybridized carbons (Fsp3) is 0.615. The van der Waals surface area contributed by atoms with Gasteiger partial charge in [0.05, 0.1) is 5.56 Å². The fourth-order valence-corrected chi connectivity index (χ4v) is 4.90. The summed E-state index contributed by atoms with van der Waals surface area (Å²) in [6, 6.07) is 1.19. The third-order valence-corrected chi connectivity index (χ3v) is 6.47. The van der Waals surface area contributed by atoms with Crippen LogP contribution in [0.25, 0.3) is 0 Å². The van der Waals surface area contributed by atoms with Crippen LogP contribution in [0.15, 0.2) is 15.7 Å². The Morgan fingerprint density at radius 3 is 2.35 bits per heavy atom. The molecular weight excluding hydrogens is 298 g/mol. The second-order valence-corrected chi connectivity index (χ2v) is 7.97. The number of hydrogen-bond acceptors (Lipinski definition) is 4. The Bertz CT molecular complexity index is 557. The Hall–Kier alpha value is -0.920. The molecule has 2 rings (SSSR count). The van der Waals surface area contributed by atoms with Crippen LogP contribution in [0, 0.1) is 0 Å². The Balaban J connectivity index is 2.06. The first-order valence-electron chi connectivity index (χ1n) is 6.83. The highest BCUT2D eigenvalue weighted by Crippen LogP contribution is 2.23. The summed E-state index contributed by atoms with van der Waals surface area (Å²) in [4.78, 5) is 10.8. The van der Waals surface area contributed by atoms with Gasteiger partial charge in [-0.2, -0.15) is 0 Å². The van der Waals surface area contributed by atoms with Crippen LogP contribution in [0.1, 0.15) is 55.3 Å². The number of carbonyl (C=O) groups is 1. The van der Waals surface area contributed by atoms with Crippen molar-refractivity contribution in [3.8, 4) is 0 Å². The van der Waals surface area contributed by atoms with Gasteiger partial charge in [-0.05, 0) is 18.9 Å². The van der Waals surface area contributed by atoms with Gasteiger partial charge in [0, 0.05) is 11.4 Å². The van der Waals surface area contributed by atoms with Crippen molar-refractivity contribution in [3.63, 3.8) is 0 Å². The van der Waals surface area contributed by atoms with Crippen LogP contribution in [0.2, 0.25) is 0 Å². The monoisotopic (exact) mass is 317 g/mol. The minimum absolute atomic E-state index is 0.0213. The Kier molecular flexibility index (Phi) is 5.17. The second-order valence-electron chi connectivity index (χ2n) is 5.12. The summed E-state index contributed by atoms with van der Waals surface area (Å²) in [6.45, 7) is 0. The molecule has 0 spiro atoms. The van der Waals surface area contributed by atoms with Crippen molar-refractivity contribution < 1.29 is 18.3 Å². The quantitative estimate of drug-likeness (QED) is 0.894. The van der Waals surface area contributed by atoms with E-state index in [9.17, 15) is 13.2 Å². The maximum Gasteiger partial charge on any atom is 0.336 e. The summed E-state index contributed by atoms with van der Waals surface area (Å²) in [6.07, 6.45) is 7.33. The maximum atomic E-state index is 12.2. The van der Waals surface area contributed by atoms with E-state index in [0.717, 1.165) is 49.9 Å². The molecule has 7 heteroatoms. The number of thiophene rings is 1. The molecule has 2 N–H and O–H groups in total. The SMILES string of the molecule is O=C(O)c1csc(S(=O)(=O)NC2CCCCCCC2)c1. The van der Waals surface area contributed by atoms with E-state index in [4.69, 9.17) is 5.11 Å². The molecule has 1 fully saturated rings. The molecule has 0 unspecified atom stereocenters. The predicted octanol–water partition coefficient (Wildman–Crippen LogP) is 2.84. The number of hydrogen-bond donors (Lipinski definition) is 2. The minimum Gasteiger partial charge on any atom is -0.478 e. The summed E-state index contributed by atoms with van der Waals surface area (Å²) >= 11 is 0.951. The van der Waals surface area contributed by atoms with Crippen molar-refractivity contribution >= 4 is 27.3 Å². The fourth-order valence-electron chi connectivity index (χ4n) is 2.42. The van der Waals surface area contributed by atoms with Gasteiger partial charge in [-0.15, -0.1) is 11.3 Å². The summed E-state index contributed by atoms with van der Waals surface area (Å²) in [7, 11) is -3.60. The van der Waals surface area contributed by atoms with E-state index < -0.39 is 16.0 Å². The summed E-state index contributed by atoms with van der Waals surface area (Å²) in [5.41, 5.74) is 0.0213. The Morgan fingerprint density at radius 1 is 1.20 bits per heavy atom. The van der Waals surface area contributed by atoms with E-state index >= 15 is 0 Å². The molecule has 0 aliphatic heterocycles. The van der Waals surface area contributed by atoms with E-state index in [1.54, 1.807) is 0 Å². The van der Waals surface area contributed by atoms with Gasteiger partial charge in [-0.3, -0.25) is 0 Å². The zero-order valence-corrected chi connectivity index (χ0v) is 12.8. The lowest BCUT2D eigenvalue weighted by atomic mass is 9.97. The molecule has 1 aromatic rings. The van der Waals surface area contributed by atoms with Crippen LogP contribution in [-0.4, -0.2) is 25.5 Å². The Labute approximate surface area is 123 Å². The first-order chi connectivity index (χ1) is 9.49. The summed E-state index contributed by atoms with van der Waals surface area (Å²) < 4.78 is 27.3. The highest BCUT2D eigenvalue weighted by Gasteiger charge is 2.23. The molecule has 0 aromatic carbocycles. The average molecular weight is 317 g/mol. The van der Waals surface area contributed by atoms with E-state index in [1.165, 1.54) is 17.9 Å². The van der Waals surface area contributed by atoms with E-state index in [0.29, 0.717) is 0 Å². The molecule has 20 heavy (non-hydrogen) atoms. The van der Waals surface area contributed by atoms with Crippen molar-refractivity contribution in [2.75, 3.05) is 0 Å². The summed E-state index contributed by atoms with van der Waals surface area (Å²) in [5.74, 6) is -1.10. The molecule has 112 valence electrons. The van der Waals surface area contributed by atoms with Crippen molar-refractivity contribution in [1.82, 2.24) is 4.72 Å². The number of rotatable bonds is 4. The molecule has 5 nitrogen and oxygen atoms in total. The van der Waals surface area contributed by atoms with Crippen molar-refractivity contribution in [1.29, 1.82) is 0 Å². The highest BCUT2D eigenvalue weighted by atomic mass is 32.2. The molecular formula is C13H19NO4S2. The molecule has 0 saturated heterocycles. The molecule has 1 heterocycles. The summed E-state index contributed by atoms with van der Waals surface area (Å²) in [5, 5.41) is 10.2. The van der Waals surface area contributed by atoms with Crippen molar-refractivity contribution in [2.45, 2.75) is 55.2 Å². The third kappa shape index (κ3) is 4.04. The molecule has 1 aromatic heterocycles. The standard InChI is InChI=1S/C13H19NO4S2/c15-13(16)10-8-12(19-9-10)20(17,18)14-11-6-4-2-1-3-5-7-11/h8-9,11,14H,1-7H2,(H,15,16). The van der Waals surface area contributed by atoms with Crippen LogP contribution in [0.4, 0.5) is 0 Å². The van der Waals surface area contributed by atoms with E-state index in [2.05, 4.69) is 4.72 Å². The van der Waals surface area contributed by atoms with Crippen LogP contribution in [-0.2, 0) is 10.0 Å². The van der Waals surface area contributed by atoms with E-state index in [1.807, 2.05) is 0 Å². The van der Waals surface area contributed by atoms with Gasteiger partial charge < -0.3 is 5.11 Å². The van der Waals surface area contributed by atoms with Crippen LogP contribution >= 0.6 is 11.3 Å². The molecule has 1 aliphatic carbocycles. The smallest absolute Gasteiger partial charge is 0.336 e. The van der Waals surface area contributed by atoms with Crippen LogP contribution in [0.3, 0.4) is 0 Å². The third-order valence-electron chi connectivity index (χ3n) is 3.51. The largest absolute Gasteiger partial charge is 0.478 e. The normalized spacial score (nSPS) is 18.4. The lowest BCUT2D eigenvalue weighted by Gasteiger charge is -2.20. The number of aromatic carboxylic acids is 1. The topological polar surface area (TPSA) is 83.5 Å². The molecule has 1 saturated carbocycles. The lowest BCUT2D eigenvalue weighted by Crippen LogP contribution is -2.34. The van der Waals surface area contributed by atoms with Crippen molar-refractivity contribution in [3.05, 3.63) is 17.0 Å². The average Bonchev–Trinajstić information content (AvgIpc) is 2.82. The number of nitrogens with one attached hydrogen (secondary N) is 1. The molecule has 1 aliphatic rings. The lowest BCUT2D eigenvalue weighted by molar-refractivity contribution is 0.0697. The van der Waals surface area contributed by atoms with E-state index in [-0.39, 0.29) is 15.8 Å². The molecule has 0 amide bonds. The second kappa shape index (κ2) is 6.69. The van der Waals surface area contributed by atoms with Gasteiger partial charge in [0.2, 0.25) is 10.0 Å². The van der Waals surface area contributed by atoms with Gasteiger partial charge in [0.15, 0.2) is 0 Å².